The van der Waals surface area contributed by atoms with Crippen molar-refractivity contribution in [2.24, 2.45) is 0 Å². The molecular formula is C12H19NS. The molecule has 0 N–H and O–H groups in total. The van der Waals surface area contributed by atoms with Gasteiger partial charge in [0.15, 0.2) is 0 Å². The molecule has 1 atom stereocenters. The van der Waals surface area contributed by atoms with Gasteiger partial charge in [-0.15, -0.1) is 0 Å². The lowest BCUT2D eigenvalue weighted by Crippen LogP contribution is -2.12. The van der Waals surface area contributed by atoms with Gasteiger partial charge in [0, 0.05) is 11.4 Å². The molecule has 0 aliphatic carbocycles. The summed E-state index contributed by atoms with van der Waals surface area (Å²) in [7, 11) is 0. The zero-order valence-electron chi connectivity index (χ0n) is 9.66. The molecule has 0 bridgehead atoms. The van der Waals surface area contributed by atoms with Crippen molar-refractivity contribution in [2.45, 2.75) is 38.4 Å². The van der Waals surface area contributed by atoms with Crippen LogP contribution in [0.15, 0.2) is 18.3 Å². The van der Waals surface area contributed by atoms with Crippen LogP contribution in [0.25, 0.3) is 0 Å². The van der Waals surface area contributed by atoms with Gasteiger partial charge in [-0.25, -0.2) is 0 Å². The van der Waals surface area contributed by atoms with Crippen molar-refractivity contribution in [3.8, 4) is 0 Å². The summed E-state index contributed by atoms with van der Waals surface area (Å²) in [6, 6.07) is 4.33. The van der Waals surface area contributed by atoms with E-state index in [-0.39, 0.29) is 5.41 Å². The molecule has 1 nitrogen and oxygen atoms in total. The van der Waals surface area contributed by atoms with Crippen molar-refractivity contribution in [1.82, 2.24) is 4.98 Å². The van der Waals surface area contributed by atoms with E-state index in [4.69, 9.17) is 0 Å². The summed E-state index contributed by atoms with van der Waals surface area (Å²) in [5, 5.41) is 0.484. The zero-order chi connectivity index (χ0) is 10.8. The molecule has 1 unspecified atom stereocenters. The van der Waals surface area contributed by atoms with Crippen molar-refractivity contribution < 1.29 is 0 Å². The monoisotopic (exact) mass is 209 g/mol. The normalized spacial score (nSPS) is 14.1. The van der Waals surface area contributed by atoms with Gasteiger partial charge in [0.05, 0.1) is 5.69 Å². The summed E-state index contributed by atoms with van der Waals surface area (Å²) in [5.74, 6) is 0. The maximum absolute atomic E-state index is 4.40. The van der Waals surface area contributed by atoms with E-state index in [9.17, 15) is 0 Å². The summed E-state index contributed by atoms with van der Waals surface area (Å²) in [6.07, 6.45) is 4.04. The minimum Gasteiger partial charge on any atom is -0.260 e. The average Bonchev–Trinajstić information content (AvgIpc) is 2.15. The lowest BCUT2D eigenvalue weighted by molar-refractivity contribution is 0.588. The smallest absolute Gasteiger partial charge is 0.0533 e. The molecule has 1 rings (SSSR count). The first-order valence-electron chi connectivity index (χ1n) is 4.94. The topological polar surface area (TPSA) is 12.9 Å². The van der Waals surface area contributed by atoms with Gasteiger partial charge in [-0.3, -0.25) is 4.98 Å². The molecule has 1 aromatic heterocycles. The van der Waals surface area contributed by atoms with Gasteiger partial charge in [-0.2, -0.15) is 11.8 Å². The molecule has 0 aromatic carbocycles. The third kappa shape index (κ3) is 2.74. The van der Waals surface area contributed by atoms with Crippen LogP contribution in [0, 0.1) is 0 Å². The molecule has 14 heavy (non-hydrogen) atoms. The minimum atomic E-state index is 0.218. The number of nitrogens with zero attached hydrogens (tertiary/aromatic N) is 1. The molecule has 2 heteroatoms. The van der Waals surface area contributed by atoms with Crippen LogP contribution in [-0.2, 0) is 5.41 Å². The van der Waals surface area contributed by atoms with Crippen LogP contribution in [0.2, 0.25) is 0 Å². The van der Waals surface area contributed by atoms with Crippen LogP contribution >= 0.6 is 11.8 Å². The molecule has 0 amide bonds. The second kappa shape index (κ2) is 4.35. The van der Waals surface area contributed by atoms with Gasteiger partial charge in [-0.1, -0.05) is 20.8 Å². The van der Waals surface area contributed by atoms with E-state index in [1.807, 2.05) is 18.0 Å². The average molecular weight is 209 g/mol. The van der Waals surface area contributed by atoms with Gasteiger partial charge in [0.1, 0.15) is 0 Å². The highest BCUT2D eigenvalue weighted by molar-refractivity contribution is 7.98. The molecule has 0 saturated carbocycles. The Hall–Kier alpha value is -0.500. The van der Waals surface area contributed by atoms with Crippen LogP contribution < -0.4 is 0 Å². The van der Waals surface area contributed by atoms with Crippen molar-refractivity contribution >= 4 is 11.8 Å². The van der Waals surface area contributed by atoms with Crippen LogP contribution in [0.3, 0.4) is 0 Å². The lowest BCUT2D eigenvalue weighted by Gasteiger charge is -2.20. The maximum Gasteiger partial charge on any atom is 0.0533 e. The Morgan fingerprint density at radius 3 is 2.50 bits per heavy atom. The summed E-state index contributed by atoms with van der Waals surface area (Å²) in [4.78, 5) is 4.40. The Bertz CT molecular complexity index is 301. The van der Waals surface area contributed by atoms with Gasteiger partial charge < -0.3 is 0 Å². The fraction of sp³-hybridized carbons (Fsp3) is 0.583. The van der Waals surface area contributed by atoms with Crippen molar-refractivity contribution in [3.63, 3.8) is 0 Å². The molecule has 0 radical (unpaired) electrons. The van der Waals surface area contributed by atoms with Gasteiger partial charge >= 0.3 is 0 Å². The predicted octanol–water partition coefficient (Wildman–Crippen LogP) is 3.80. The Morgan fingerprint density at radius 1 is 1.36 bits per heavy atom. The summed E-state index contributed by atoms with van der Waals surface area (Å²) >= 11 is 1.83. The molecular weight excluding hydrogens is 190 g/mol. The second-order valence-electron chi connectivity index (χ2n) is 4.60. The lowest BCUT2D eigenvalue weighted by atomic mass is 9.87. The van der Waals surface area contributed by atoms with Gasteiger partial charge in [-0.05, 0) is 36.3 Å². The van der Waals surface area contributed by atoms with E-state index in [0.29, 0.717) is 5.25 Å². The van der Waals surface area contributed by atoms with Crippen molar-refractivity contribution in [1.29, 1.82) is 0 Å². The first-order chi connectivity index (χ1) is 6.45. The number of rotatable bonds is 2. The summed E-state index contributed by atoms with van der Waals surface area (Å²) < 4.78 is 0. The van der Waals surface area contributed by atoms with Crippen molar-refractivity contribution in [3.05, 3.63) is 29.6 Å². The second-order valence-corrected chi connectivity index (χ2v) is 5.78. The third-order valence-corrected chi connectivity index (χ3v) is 3.37. The highest BCUT2D eigenvalue weighted by atomic mass is 32.2. The predicted molar refractivity (Wildman–Crippen MR) is 64.9 cm³/mol. The number of pyridine rings is 1. The molecule has 0 spiro atoms. The molecule has 78 valence electrons. The van der Waals surface area contributed by atoms with E-state index in [1.165, 1.54) is 11.3 Å². The molecule has 0 aliphatic rings. The molecule has 1 aromatic rings. The fourth-order valence-corrected chi connectivity index (χ4v) is 1.63. The highest BCUT2D eigenvalue weighted by Crippen LogP contribution is 2.28. The third-order valence-electron chi connectivity index (χ3n) is 2.42. The van der Waals surface area contributed by atoms with E-state index in [1.54, 1.807) is 0 Å². The van der Waals surface area contributed by atoms with Gasteiger partial charge in [0.2, 0.25) is 0 Å². The standard InChI is InChI=1S/C12H19NS/c1-9(14-5)11-8-10(6-7-13-11)12(2,3)4/h6-9H,1-5H3. The van der Waals surface area contributed by atoms with E-state index < -0.39 is 0 Å². The first-order valence-corrected chi connectivity index (χ1v) is 6.23. The molecule has 0 saturated heterocycles. The Kier molecular flexibility index (Phi) is 3.59. The van der Waals surface area contributed by atoms with Crippen LogP contribution in [0.1, 0.15) is 44.2 Å². The first kappa shape index (κ1) is 11.6. The van der Waals surface area contributed by atoms with Crippen LogP contribution in [0.5, 0.6) is 0 Å². The summed E-state index contributed by atoms with van der Waals surface area (Å²) in [5.41, 5.74) is 2.77. The summed E-state index contributed by atoms with van der Waals surface area (Å²) in [6.45, 7) is 8.89. The van der Waals surface area contributed by atoms with Crippen LogP contribution in [-0.4, -0.2) is 11.2 Å². The Labute approximate surface area is 91.3 Å². The zero-order valence-corrected chi connectivity index (χ0v) is 10.5. The van der Waals surface area contributed by atoms with Crippen molar-refractivity contribution in [2.75, 3.05) is 6.26 Å². The SMILES string of the molecule is CSC(C)c1cc(C(C)(C)C)ccn1. The van der Waals surface area contributed by atoms with E-state index in [2.05, 4.69) is 51.1 Å². The van der Waals surface area contributed by atoms with E-state index in [0.717, 1.165) is 0 Å². The molecule has 0 fully saturated rings. The maximum atomic E-state index is 4.40. The van der Waals surface area contributed by atoms with Crippen LogP contribution in [0.4, 0.5) is 0 Å². The number of hydrogen-bond donors (Lipinski definition) is 0. The molecule has 1 heterocycles. The fourth-order valence-electron chi connectivity index (χ4n) is 1.26. The number of thioether (sulfide) groups is 1. The molecule has 0 aliphatic heterocycles. The number of aromatic nitrogens is 1. The van der Waals surface area contributed by atoms with Gasteiger partial charge in [0.25, 0.3) is 0 Å². The largest absolute Gasteiger partial charge is 0.260 e. The highest BCUT2D eigenvalue weighted by Gasteiger charge is 2.15. The quantitative estimate of drug-likeness (QED) is 0.734. The minimum absolute atomic E-state index is 0.218. The Morgan fingerprint density at radius 2 is 2.00 bits per heavy atom. The Balaban J connectivity index is 3.01. The van der Waals surface area contributed by atoms with E-state index >= 15 is 0 Å². The number of hydrogen-bond acceptors (Lipinski definition) is 2.